The van der Waals surface area contributed by atoms with Gasteiger partial charge in [0.25, 0.3) is 0 Å². The fourth-order valence-corrected chi connectivity index (χ4v) is 4.39. The molecule has 0 fully saturated rings. The van der Waals surface area contributed by atoms with E-state index in [4.69, 9.17) is 27.9 Å². The number of Topliss-reactive ketones (excluding diaryl/α,β-unsaturated/α-hetero) is 1. The molecule has 0 amide bonds. The Morgan fingerprint density at radius 3 is 2.30 bits per heavy atom. The van der Waals surface area contributed by atoms with E-state index in [-0.39, 0.29) is 12.4 Å². The van der Waals surface area contributed by atoms with Crippen LogP contribution < -0.4 is 4.74 Å². The maximum absolute atomic E-state index is 12.8. The fraction of sp³-hybridized carbons (Fsp3) is 0.185. The third-order valence-corrected chi connectivity index (χ3v) is 5.96. The number of esters is 1. The minimum Gasteiger partial charge on any atom is -0.482 e. The van der Waals surface area contributed by atoms with Crippen molar-refractivity contribution < 1.29 is 19.1 Å². The Balaban J connectivity index is 1.40. The molecule has 0 saturated carbocycles. The first-order valence-electron chi connectivity index (χ1n) is 10.5. The summed E-state index contributed by atoms with van der Waals surface area (Å²) in [7, 11) is 1.33. The first-order chi connectivity index (χ1) is 15.9. The molecule has 0 aromatic heterocycles. The molecule has 0 atom stereocenters. The molecule has 4 nitrogen and oxygen atoms in total. The van der Waals surface area contributed by atoms with Crippen molar-refractivity contribution in [3.05, 3.63) is 104 Å². The van der Waals surface area contributed by atoms with Gasteiger partial charge in [0.05, 0.1) is 7.11 Å². The SMILES string of the molecule is COC(=O)COc1ccc(CCc2ccc3c(c2)C/C(=C\c2cc(Cl)cc(Cl)c2)C3=O)cc1. The maximum atomic E-state index is 12.8. The van der Waals surface area contributed by atoms with Crippen LogP contribution in [0.5, 0.6) is 5.75 Å². The van der Waals surface area contributed by atoms with Crippen molar-refractivity contribution in [1.29, 1.82) is 0 Å². The van der Waals surface area contributed by atoms with E-state index in [0.29, 0.717) is 22.2 Å². The predicted molar refractivity (Wildman–Crippen MR) is 130 cm³/mol. The highest BCUT2D eigenvalue weighted by molar-refractivity contribution is 6.34. The lowest BCUT2D eigenvalue weighted by molar-refractivity contribution is -0.142. The highest BCUT2D eigenvalue weighted by atomic mass is 35.5. The van der Waals surface area contributed by atoms with Crippen LogP contribution in [0.15, 0.2) is 66.2 Å². The summed E-state index contributed by atoms with van der Waals surface area (Å²) in [5.41, 5.74) is 5.70. The van der Waals surface area contributed by atoms with Crippen LogP contribution in [0.3, 0.4) is 0 Å². The molecule has 0 unspecified atom stereocenters. The summed E-state index contributed by atoms with van der Waals surface area (Å²) < 4.78 is 9.94. The van der Waals surface area contributed by atoms with Gasteiger partial charge in [-0.05, 0) is 71.5 Å². The Labute approximate surface area is 202 Å². The second kappa shape index (κ2) is 10.2. The highest BCUT2D eigenvalue weighted by Crippen LogP contribution is 2.30. The molecular formula is C27H22Cl2O4. The van der Waals surface area contributed by atoms with E-state index in [0.717, 1.165) is 40.7 Å². The van der Waals surface area contributed by atoms with Crippen LogP contribution in [0.25, 0.3) is 6.08 Å². The van der Waals surface area contributed by atoms with Crippen molar-refractivity contribution in [3.8, 4) is 5.75 Å². The molecule has 0 spiro atoms. The van der Waals surface area contributed by atoms with Crippen LogP contribution >= 0.6 is 23.2 Å². The van der Waals surface area contributed by atoms with Crippen LogP contribution in [0.4, 0.5) is 0 Å². The van der Waals surface area contributed by atoms with E-state index >= 15 is 0 Å². The lowest BCUT2D eigenvalue weighted by Crippen LogP contribution is -2.12. The van der Waals surface area contributed by atoms with Gasteiger partial charge in [0.1, 0.15) is 5.75 Å². The summed E-state index contributed by atoms with van der Waals surface area (Å²) in [5, 5.41) is 1.09. The zero-order valence-electron chi connectivity index (χ0n) is 18.1. The molecule has 1 aliphatic carbocycles. The highest BCUT2D eigenvalue weighted by Gasteiger charge is 2.24. The number of hydrogen-bond acceptors (Lipinski definition) is 4. The van der Waals surface area contributed by atoms with E-state index in [2.05, 4.69) is 10.8 Å². The maximum Gasteiger partial charge on any atom is 0.343 e. The summed E-state index contributed by atoms with van der Waals surface area (Å²) in [6, 6.07) is 19.0. The molecule has 1 aliphatic rings. The van der Waals surface area contributed by atoms with E-state index in [1.54, 1.807) is 18.2 Å². The quantitative estimate of drug-likeness (QED) is 0.300. The lowest BCUT2D eigenvalue weighted by atomic mass is 10.0. The van der Waals surface area contributed by atoms with Gasteiger partial charge in [-0.1, -0.05) is 53.5 Å². The normalized spacial score (nSPS) is 13.8. The number of hydrogen-bond donors (Lipinski definition) is 0. The van der Waals surface area contributed by atoms with E-state index in [1.165, 1.54) is 12.7 Å². The van der Waals surface area contributed by atoms with Crippen LogP contribution in [-0.4, -0.2) is 25.5 Å². The van der Waals surface area contributed by atoms with Gasteiger partial charge in [-0.2, -0.15) is 0 Å². The van der Waals surface area contributed by atoms with Crippen molar-refractivity contribution >= 4 is 41.0 Å². The van der Waals surface area contributed by atoms with Crippen molar-refractivity contribution in [2.45, 2.75) is 19.3 Å². The molecule has 0 N–H and O–H groups in total. The molecule has 0 bridgehead atoms. The number of ether oxygens (including phenoxy) is 2. The fourth-order valence-electron chi connectivity index (χ4n) is 3.85. The van der Waals surface area contributed by atoms with Crippen LogP contribution in [0, 0.1) is 0 Å². The molecule has 6 heteroatoms. The third kappa shape index (κ3) is 5.84. The second-order valence-corrected chi connectivity index (χ2v) is 8.75. The van der Waals surface area contributed by atoms with Gasteiger partial charge in [-0.25, -0.2) is 4.79 Å². The van der Waals surface area contributed by atoms with Gasteiger partial charge in [-0.15, -0.1) is 0 Å². The molecule has 0 aliphatic heterocycles. The number of rotatable bonds is 7. The van der Waals surface area contributed by atoms with E-state index in [1.807, 2.05) is 42.5 Å². The number of carbonyl (C=O) groups excluding carboxylic acids is 2. The molecule has 3 aromatic rings. The molecule has 4 rings (SSSR count). The van der Waals surface area contributed by atoms with E-state index < -0.39 is 5.97 Å². The van der Waals surface area contributed by atoms with Gasteiger partial charge < -0.3 is 9.47 Å². The smallest absolute Gasteiger partial charge is 0.343 e. The topological polar surface area (TPSA) is 52.6 Å². The summed E-state index contributed by atoms with van der Waals surface area (Å²) in [6.07, 6.45) is 4.17. The average molecular weight is 481 g/mol. The first kappa shape index (κ1) is 23.1. The molecule has 0 heterocycles. The number of aryl methyl sites for hydroxylation is 2. The van der Waals surface area contributed by atoms with Crippen molar-refractivity contribution in [1.82, 2.24) is 0 Å². The zero-order chi connectivity index (χ0) is 23.4. The van der Waals surface area contributed by atoms with Crippen molar-refractivity contribution in [2.75, 3.05) is 13.7 Å². The lowest BCUT2D eigenvalue weighted by Gasteiger charge is -2.07. The Morgan fingerprint density at radius 1 is 0.939 bits per heavy atom. The van der Waals surface area contributed by atoms with Gasteiger partial charge in [0, 0.05) is 27.6 Å². The van der Waals surface area contributed by atoms with Gasteiger partial charge in [-0.3, -0.25) is 4.79 Å². The summed E-state index contributed by atoms with van der Waals surface area (Å²) in [4.78, 5) is 24.0. The second-order valence-electron chi connectivity index (χ2n) is 7.88. The number of benzene rings is 3. The van der Waals surface area contributed by atoms with Crippen LogP contribution in [0.1, 0.15) is 32.6 Å². The number of carbonyl (C=O) groups is 2. The molecular weight excluding hydrogens is 459 g/mol. The minimum absolute atomic E-state index is 0.0511. The Bertz CT molecular complexity index is 1210. The third-order valence-electron chi connectivity index (χ3n) is 5.52. The number of fused-ring (bicyclic) bond motifs is 1. The summed E-state index contributed by atoms with van der Waals surface area (Å²) in [6.45, 7) is -0.107. The van der Waals surface area contributed by atoms with Crippen molar-refractivity contribution in [2.24, 2.45) is 0 Å². The van der Waals surface area contributed by atoms with Crippen LogP contribution in [-0.2, 0) is 28.8 Å². The Hall–Kier alpha value is -3.08. The summed E-state index contributed by atoms with van der Waals surface area (Å²) >= 11 is 12.2. The predicted octanol–water partition coefficient (Wildman–Crippen LogP) is 6.15. The largest absolute Gasteiger partial charge is 0.482 e. The Kier molecular flexibility index (Phi) is 7.17. The minimum atomic E-state index is -0.413. The molecule has 0 saturated heterocycles. The van der Waals surface area contributed by atoms with Crippen LogP contribution in [0.2, 0.25) is 10.0 Å². The number of ketones is 1. The van der Waals surface area contributed by atoms with Crippen molar-refractivity contribution in [3.63, 3.8) is 0 Å². The zero-order valence-corrected chi connectivity index (χ0v) is 19.6. The van der Waals surface area contributed by atoms with E-state index in [9.17, 15) is 9.59 Å². The summed E-state index contributed by atoms with van der Waals surface area (Å²) in [5.74, 6) is 0.263. The van der Waals surface area contributed by atoms with Gasteiger partial charge >= 0.3 is 5.97 Å². The molecule has 168 valence electrons. The molecule has 33 heavy (non-hydrogen) atoms. The number of methoxy groups -OCH3 is 1. The number of halogens is 2. The molecule has 0 radical (unpaired) electrons. The Morgan fingerprint density at radius 2 is 1.61 bits per heavy atom. The van der Waals surface area contributed by atoms with Gasteiger partial charge in [0.2, 0.25) is 0 Å². The average Bonchev–Trinajstić information content (AvgIpc) is 3.10. The first-order valence-corrected chi connectivity index (χ1v) is 11.3. The standard InChI is InChI=1S/C27H22Cl2O4/c1-32-26(30)16-33-24-7-4-17(5-8-24)2-3-18-6-9-25-20(10-18)14-21(27(25)31)11-19-12-22(28)15-23(29)13-19/h4-13,15H,2-3,14,16H2,1H3/b21-11+. The van der Waals surface area contributed by atoms with Gasteiger partial charge in [0.15, 0.2) is 12.4 Å². The monoisotopic (exact) mass is 480 g/mol. The number of allylic oxidation sites excluding steroid dienone is 1. The molecule has 3 aromatic carbocycles.